The van der Waals surface area contributed by atoms with Crippen molar-refractivity contribution in [2.75, 3.05) is 35.2 Å². The number of rotatable bonds is 13. The lowest BCUT2D eigenvalue weighted by molar-refractivity contribution is 0.00473. The molecular weight excluding hydrogens is 786 g/mol. The van der Waals surface area contributed by atoms with Gasteiger partial charge in [-0.25, -0.2) is 18.2 Å². The number of fused-ring (bicyclic) bond motifs is 1. The molecule has 2 aliphatic rings. The van der Waals surface area contributed by atoms with Gasteiger partial charge in [-0.05, 0) is 65.2 Å². The van der Waals surface area contributed by atoms with Crippen molar-refractivity contribution in [2.24, 2.45) is 0 Å². The van der Waals surface area contributed by atoms with Crippen molar-refractivity contribution in [1.29, 1.82) is 0 Å². The Morgan fingerprint density at radius 2 is 1.64 bits per heavy atom. The minimum Gasteiger partial charge on any atom is -0.388 e. The van der Waals surface area contributed by atoms with Crippen LogP contribution in [0, 0.1) is 0 Å². The van der Waals surface area contributed by atoms with Crippen LogP contribution in [0.3, 0.4) is 0 Å². The molecule has 8 rings (SSSR count). The van der Waals surface area contributed by atoms with Gasteiger partial charge in [-0.2, -0.15) is 14.8 Å². The smallest absolute Gasteiger partial charge is 0.319 e. The molecule has 0 spiro atoms. The molecule has 1 aliphatic heterocycles. The SMILES string of the molecule is CCc1nnn([C@H]2C[C@@H](n3cnc4c(NCC(c5ccccc5)c5ccccc5)nc(N5CC[C@@H](NC(=O)Nc6ccc(S(=O)(=O)NCl)cc6)C5)nc43)[C@H](O)[C@@H]2O)n1. The number of tetrazole rings is 1. The number of benzene rings is 3. The first kappa shape index (κ1) is 39.1. The number of carbonyl (C=O) groups is 1. The van der Waals surface area contributed by atoms with Crippen LogP contribution >= 0.6 is 11.8 Å². The van der Waals surface area contributed by atoms with Gasteiger partial charge in [0.1, 0.15) is 18.2 Å². The summed E-state index contributed by atoms with van der Waals surface area (Å²) in [7, 11) is -3.84. The maximum absolute atomic E-state index is 13.0. The van der Waals surface area contributed by atoms with Gasteiger partial charge in [0.25, 0.3) is 10.0 Å². The standard InChI is InChI=1S/C38H42ClN13O5S/c1-2-31-46-49-52(47-31)30-19-29(33(53)34(30)54)51-22-41-32-35(40-20-28(23-9-5-3-6-10-23)24-11-7-4-8-12-24)44-37(45-36(32)51)50-18-17-26(21-50)43-38(55)42-25-13-15-27(16-14-25)58(56,57)48-39/h3-16,22,26,28-30,33-34,48,53-54H,2,17-21H2,1H3,(H,40,44,45)(H2,42,43,55)/t26-,29-,30+,33+,34-/m1/s1. The first-order chi connectivity index (χ1) is 28.1. The van der Waals surface area contributed by atoms with Crippen LogP contribution in [0.25, 0.3) is 11.2 Å². The van der Waals surface area contributed by atoms with Crippen molar-refractivity contribution in [3.05, 3.63) is 108 Å². The van der Waals surface area contributed by atoms with Gasteiger partial charge in [-0.3, -0.25) is 0 Å². The fourth-order valence-electron chi connectivity index (χ4n) is 7.61. The Morgan fingerprint density at radius 1 is 0.948 bits per heavy atom. The highest BCUT2D eigenvalue weighted by Gasteiger charge is 2.45. The number of aryl methyl sites for hydroxylation is 1. The minimum atomic E-state index is -3.84. The second kappa shape index (κ2) is 16.6. The molecule has 5 atom stereocenters. The number of urea groups is 1. The fraction of sp³-hybridized carbons (Fsp3) is 0.342. The van der Waals surface area contributed by atoms with E-state index in [0.717, 1.165) is 11.1 Å². The zero-order valence-electron chi connectivity index (χ0n) is 31.3. The molecule has 1 saturated carbocycles. The highest BCUT2D eigenvalue weighted by Crippen LogP contribution is 2.40. The summed E-state index contributed by atoms with van der Waals surface area (Å²) in [4.78, 5) is 31.1. The Balaban J connectivity index is 1.07. The van der Waals surface area contributed by atoms with E-state index in [0.29, 0.717) is 73.3 Å². The summed E-state index contributed by atoms with van der Waals surface area (Å²) in [6, 6.07) is 24.1. The maximum atomic E-state index is 13.0. The van der Waals surface area contributed by atoms with E-state index in [1.807, 2.05) is 48.2 Å². The number of anilines is 3. The Hall–Kier alpha value is -5.73. The summed E-state index contributed by atoms with van der Waals surface area (Å²) in [5.74, 6) is 1.41. The number of hydrogen-bond acceptors (Lipinski definition) is 13. The van der Waals surface area contributed by atoms with Crippen LogP contribution in [0.2, 0.25) is 0 Å². The number of sulfonamides is 1. The lowest BCUT2D eigenvalue weighted by Gasteiger charge is -2.22. The zero-order valence-corrected chi connectivity index (χ0v) is 32.9. The quantitative estimate of drug-likeness (QED) is 0.0919. The average molecular weight is 828 g/mol. The number of imidazole rings is 1. The molecule has 3 aromatic carbocycles. The fourth-order valence-corrected chi connectivity index (χ4v) is 8.46. The molecule has 2 amide bonds. The van der Waals surface area contributed by atoms with Crippen LogP contribution < -0.4 is 25.1 Å². The van der Waals surface area contributed by atoms with Crippen molar-refractivity contribution in [1.82, 2.24) is 49.3 Å². The number of aromatic nitrogens is 8. The van der Waals surface area contributed by atoms with Gasteiger partial charge < -0.3 is 35.6 Å². The maximum Gasteiger partial charge on any atom is 0.319 e. The van der Waals surface area contributed by atoms with E-state index in [9.17, 15) is 23.4 Å². The molecule has 6 aromatic rings. The number of aliphatic hydroxyl groups excluding tert-OH is 2. The van der Waals surface area contributed by atoms with E-state index in [4.69, 9.17) is 26.7 Å². The van der Waals surface area contributed by atoms with Gasteiger partial charge in [0.05, 0.1) is 17.3 Å². The van der Waals surface area contributed by atoms with Crippen LogP contribution in [0.15, 0.2) is 96.2 Å². The predicted molar refractivity (Wildman–Crippen MR) is 216 cm³/mol. The number of nitrogens with zero attached hydrogens (tertiary/aromatic N) is 9. The Bertz CT molecular complexity index is 2430. The van der Waals surface area contributed by atoms with Gasteiger partial charge in [0.15, 0.2) is 22.8 Å². The minimum absolute atomic E-state index is 0.0230. The molecule has 3 aromatic heterocycles. The van der Waals surface area contributed by atoms with Gasteiger partial charge in [-0.15, -0.1) is 14.4 Å². The first-order valence-corrected chi connectivity index (χ1v) is 20.8. The number of carbonyl (C=O) groups excluding carboxylic acids is 1. The third-order valence-electron chi connectivity index (χ3n) is 10.7. The number of amides is 2. The summed E-state index contributed by atoms with van der Waals surface area (Å²) in [5, 5.41) is 44.5. The van der Waals surface area contributed by atoms with Gasteiger partial charge in [0, 0.05) is 43.7 Å². The normalized spacial score (nSPS) is 20.8. The van der Waals surface area contributed by atoms with Gasteiger partial charge >= 0.3 is 6.03 Å². The molecule has 1 saturated heterocycles. The highest BCUT2D eigenvalue weighted by atomic mass is 35.5. The van der Waals surface area contributed by atoms with Crippen LogP contribution in [-0.2, 0) is 16.4 Å². The third kappa shape index (κ3) is 8.03. The molecule has 2 fully saturated rings. The molecule has 20 heteroatoms. The van der Waals surface area contributed by atoms with E-state index in [1.165, 1.54) is 29.1 Å². The van der Waals surface area contributed by atoms with E-state index in [2.05, 4.69) is 55.6 Å². The molecule has 0 radical (unpaired) electrons. The number of hydrogen-bond donors (Lipinski definition) is 6. The van der Waals surface area contributed by atoms with Gasteiger partial charge in [0.2, 0.25) is 5.95 Å². The molecule has 1 aliphatic carbocycles. The van der Waals surface area contributed by atoms with Crippen molar-refractivity contribution in [3.8, 4) is 0 Å². The number of nitrogens with one attached hydrogen (secondary N) is 4. The topological polar surface area (TPSA) is 230 Å². The van der Waals surface area contributed by atoms with Crippen molar-refractivity contribution in [2.45, 2.75) is 67.3 Å². The van der Waals surface area contributed by atoms with Crippen LogP contribution in [-0.4, -0.2) is 102 Å². The van der Waals surface area contributed by atoms with Gasteiger partial charge in [-0.1, -0.05) is 67.6 Å². The molecule has 58 heavy (non-hydrogen) atoms. The summed E-state index contributed by atoms with van der Waals surface area (Å²) in [6.45, 7) is 3.33. The summed E-state index contributed by atoms with van der Waals surface area (Å²) in [6.07, 6.45) is 0.751. The van der Waals surface area contributed by atoms with Crippen molar-refractivity contribution >= 4 is 56.4 Å². The Labute approximate surface area is 338 Å². The Morgan fingerprint density at radius 3 is 2.29 bits per heavy atom. The van der Waals surface area contributed by atoms with Crippen molar-refractivity contribution < 1.29 is 23.4 Å². The van der Waals surface area contributed by atoms with E-state index in [1.54, 1.807) is 15.1 Å². The van der Waals surface area contributed by atoms with Crippen LogP contribution in [0.1, 0.15) is 54.7 Å². The lowest BCUT2D eigenvalue weighted by Crippen LogP contribution is -2.40. The summed E-state index contributed by atoms with van der Waals surface area (Å²) < 4.78 is 27.5. The van der Waals surface area contributed by atoms with Crippen LogP contribution in [0.5, 0.6) is 0 Å². The molecule has 4 heterocycles. The average Bonchev–Trinajstić information content (AvgIpc) is 4.06. The predicted octanol–water partition coefficient (Wildman–Crippen LogP) is 3.36. The molecule has 0 unspecified atom stereocenters. The molecule has 6 N–H and O–H groups in total. The monoisotopic (exact) mass is 827 g/mol. The molecule has 18 nitrogen and oxygen atoms in total. The van der Waals surface area contributed by atoms with Crippen molar-refractivity contribution in [3.63, 3.8) is 0 Å². The van der Waals surface area contributed by atoms with E-state index in [-0.39, 0.29) is 16.9 Å². The highest BCUT2D eigenvalue weighted by molar-refractivity contribution is 7.90. The number of halogens is 1. The Kier molecular flexibility index (Phi) is 11.2. The second-order valence-electron chi connectivity index (χ2n) is 14.3. The molecular formula is C38H42ClN13O5S. The van der Waals surface area contributed by atoms with E-state index >= 15 is 0 Å². The van der Waals surface area contributed by atoms with E-state index < -0.39 is 40.3 Å². The zero-order chi connectivity index (χ0) is 40.4. The largest absolute Gasteiger partial charge is 0.388 e. The van der Waals surface area contributed by atoms with Crippen LogP contribution in [0.4, 0.5) is 22.2 Å². The lowest BCUT2D eigenvalue weighted by atomic mass is 9.91. The molecule has 0 bridgehead atoms. The molecule has 302 valence electrons. The second-order valence-corrected chi connectivity index (χ2v) is 16.4. The summed E-state index contributed by atoms with van der Waals surface area (Å²) in [5.41, 5.74) is 3.60. The summed E-state index contributed by atoms with van der Waals surface area (Å²) >= 11 is 5.32. The number of aliphatic hydroxyl groups is 2. The third-order valence-corrected chi connectivity index (χ3v) is 12.4. The first-order valence-electron chi connectivity index (χ1n) is 18.9.